The lowest BCUT2D eigenvalue weighted by Crippen LogP contribution is -2.16. The molecule has 0 aliphatic heterocycles. The molecule has 1 unspecified atom stereocenters. The third-order valence-electron chi connectivity index (χ3n) is 1.69. The van der Waals surface area contributed by atoms with Gasteiger partial charge in [0.05, 0.1) is 6.10 Å². The third kappa shape index (κ3) is 3.47. The molecule has 0 spiro atoms. The van der Waals surface area contributed by atoms with Gasteiger partial charge in [-0.25, -0.2) is 9.97 Å². The minimum absolute atomic E-state index is 0.234. The molecule has 2 N–H and O–H groups in total. The fourth-order valence-corrected chi connectivity index (χ4v) is 1.19. The number of rotatable bonds is 4. The Labute approximate surface area is 88.3 Å². The van der Waals surface area contributed by atoms with Gasteiger partial charge in [0.25, 0.3) is 0 Å². The molecule has 0 aliphatic carbocycles. The van der Waals surface area contributed by atoms with E-state index in [1.807, 2.05) is 13.0 Å². The lowest BCUT2D eigenvalue weighted by Gasteiger charge is -2.08. The number of aryl methyl sites for hydroxylation is 1. The van der Waals surface area contributed by atoms with Crippen LogP contribution in [0, 0.1) is 0 Å². The molecule has 1 rings (SSSR count). The summed E-state index contributed by atoms with van der Waals surface area (Å²) in [7, 11) is 0. The predicted molar refractivity (Wildman–Crippen MR) is 56.6 cm³/mol. The SMILES string of the molecule is CCc1cc(NCC(C)O)nc(Cl)n1. The molecule has 0 saturated heterocycles. The fourth-order valence-electron chi connectivity index (χ4n) is 0.989. The number of aromatic nitrogens is 2. The standard InChI is InChI=1S/C9H14ClN3O/c1-3-7-4-8(11-5-6(2)14)13-9(10)12-7/h4,6,14H,3,5H2,1-2H3,(H,11,12,13). The molecule has 0 aliphatic rings. The van der Waals surface area contributed by atoms with Crippen LogP contribution in [-0.2, 0) is 6.42 Å². The van der Waals surface area contributed by atoms with Crippen LogP contribution in [0.4, 0.5) is 5.82 Å². The number of aliphatic hydroxyl groups excluding tert-OH is 1. The summed E-state index contributed by atoms with van der Waals surface area (Å²) in [5.74, 6) is 0.655. The lowest BCUT2D eigenvalue weighted by atomic mass is 10.3. The van der Waals surface area contributed by atoms with Crippen molar-refractivity contribution in [3.63, 3.8) is 0 Å². The molecule has 0 saturated carbocycles. The van der Waals surface area contributed by atoms with E-state index < -0.39 is 6.10 Å². The van der Waals surface area contributed by atoms with Crippen molar-refractivity contribution in [2.75, 3.05) is 11.9 Å². The smallest absolute Gasteiger partial charge is 0.224 e. The van der Waals surface area contributed by atoms with Gasteiger partial charge in [0.1, 0.15) is 5.82 Å². The van der Waals surface area contributed by atoms with Crippen molar-refractivity contribution < 1.29 is 5.11 Å². The second kappa shape index (κ2) is 5.12. The number of aliphatic hydroxyl groups is 1. The van der Waals surface area contributed by atoms with Crippen molar-refractivity contribution in [1.29, 1.82) is 0 Å². The van der Waals surface area contributed by atoms with Crippen molar-refractivity contribution >= 4 is 17.4 Å². The van der Waals surface area contributed by atoms with Crippen LogP contribution >= 0.6 is 11.6 Å². The van der Waals surface area contributed by atoms with E-state index in [0.717, 1.165) is 12.1 Å². The van der Waals surface area contributed by atoms with E-state index in [2.05, 4.69) is 15.3 Å². The molecule has 5 heteroatoms. The zero-order valence-electron chi connectivity index (χ0n) is 8.29. The molecule has 0 fully saturated rings. The molecule has 14 heavy (non-hydrogen) atoms. The maximum absolute atomic E-state index is 9.07. The lowest BCUT2D eigenvalue weighted by molar-refractivity contribution is 0.208. The van der Waals surface area contributed by atoms with E-state index in [9.17, 15) is 0 Å². The van der Waals surface area contributed by atoms with Crippen LogP contribution in [0.15, 0.2) is 6.07 Å². The molecule has 4 nitrogen and oxygen atoms in total. The number of nitrogens with one attached hydrogen (secondary N) is 1. The second-order valence-electron chi connectivity index (χ2n) is 3.10. The van der Waals surface area contributed by atoms with Crippen LogP contribution in [0.25, 0.3) is 0 Å². The van der Waals surface area contributed by atoms with E-state index in [1.165, 1.54) is 0 Å². The average Bonchev–Trinajstić information content (AvgIpc) is 2.14. The molecule has 1 aromatic heterocycles. The number of hydrogen-bond acceptors (Lipinski definition) is 4. The molecule has 1 aromatic rings. The summed E-state index contributed by atoms with van der Waals surface area (Å²) >= 11 is 5.72. The number of nitrogens with zero attached hydrogens (tertiary/aromatic N) is 2. The van der Waals surface area contributed by atoms with Gasteiger partial charge in [0, 0.05) is 18.3 Å². The number of halogens is 1. The normalized spacial score (nSPS) is 12.6. The Hall–Kier alpha value is -0.870. The molecule has 0 aromatic carbocycles. The Balaban J connectivity index is 2.71. The molecule has 1 heterocycles. The van der Waals surface area contributed by atoms with E-state index >= 15 is 0 Å². The Morgan fingerprint density at radius 2 is 2.29 bits per heavy atom. The van der Waals surface area contributed by atoms with E-state index in [-0.39, 0.29) is 5.28 Å². The Morgan fingerprint density at radius 1 is 1.57 bits per heavy atom. The zero-order valence-corrected chi connectivity index (χ0v) is 9.04. The highest BCUT2D eigenvalue weighted by molar-refractivity contribution is 6.28. The molecular formula is C9H14ClN3O. The highest BCUT2D eigenvalue weighted by atomic mass is 35.5. The largest absolute Gasteiger partial charge is 0.392 e. The van der Waals surface area contributed by atoms with Gasteiger partial charge in [-0.3, -0.25) is 0 Å². The zero-order chi connectivity index (χ0) is 10.6. The molecule has 0 radical (unpaired) electrons. The number of anilines is 1. The van der Waals surface area contributed by atoms with Gasteiger partial charge in [0.15, 0.2) is 0 Å². The van der Waals surface area contributed by atoms with E-state index in [1.54, 1.807) is 6.92 Å². The van der Waals surface area contributed by atoms with Crippen LogP contribution in [-0.4, -0.2) is 27.7 Å². The van der Waals surface area contributed by atoms with Crippen LogP contribution < -0.4 is 5.32 Å². The van der Waals surface area contributed by atoms with E-state index in [0.29, 0.717) is 12.4 Å². The first kappa shape index (κ1) is 11.2. The van der Waals surface area contributed by atoms with Gasteiger partial charge in [-0.1, -0.05) is 6.92 Å². The second-order valence-corrected chi connectivity index (χ2v) is 3.44. The summed E-state index contributed by atoms with van der Waals surface area (Å²) in [5.41, 5.74) is 0.887. The summed E-state index contributed by atoms with van der Waals surface area (Å²) < 4.78 is 0. The molecule has 1 atom stereocenters. The summed E-state index contributed by atoms with van der Waals surface area (Å²) in [4.78, 5) is 8.02. The maximum Gasteiger partial charge on any atom is 0.224 e. The summed E-state index contributed by atoms with van der Waals surface area (Å²) in [5, 5.41) is 12.3. The quantitative estimate of drug-likeness (QED) is 0.748. The van der Waals surface area contributed by atoms with Gasteiger partial charge < -0.3 is 10.4 Å². The van der Waals surface area contributed by atoms with Gasteiger partial charge in [-0.05, 0) is 24.9 Å². The van der Waals surface area contributed by atoms with Crippen LogP contribution in [0.2, 0.25) is 5.28 Å². The highest BCUT2D eigenvalue weighted by Gasteiger charge is 2.02. The Morgan fingerprint density at radius 3 is 2.86 bits per heavy atom. The molecule has 0 amide bonds. The Kier molecular flexibility index (Phi) is 4.10. The summed E-state index contributed by atoms with van der Waals surface area (Å²) in [6, 6.07) is 1.83. The van der Waals surface area contributed by atoms with Gasteiger partial charge in [-0.15, -0.1) is 0 Å². The summed E-state index contributed by atoms with van der Waals surface area (Å²) in [6.45, 7) is 4.16. The highest BCUT2D eigenvalue weighted by Crippen LogP contribution is 2.10. The number of hydrogen-bond donors (Lipinski definition) is 2. The third-order valence-corrected chi connectivity index (χ3v) is 1.86. The predicted octanol–water partition coefficient (Wildman–Crippen LogP) is 1.49. The van der Waals surface area contributed by atoms with Gasteiger partial charge in [-0.2, -0.15) is 0 Å². The van der Waals surface area contributed by atoms with Gasteiger partial charge >= 0.3 is 0 Å². The van der Waals surface area contributed by atoms with E-state index in [4.69, 9.17) is 16.7 Å². The molecular weight excluding hydrogens is 202 g/mol. The maximum atomic E-state index is 9.07. The topological polar surface area (TPSA) is 58.0 Å². The minimum atomic E-state index is -0.409. The van der Waals surface area contributed by atoms with Crippen molar-refractivity contribution in [3.8, 4) is 0 Å². The van der Waals surface area contributed by atoms with Crippen LogP contribution in [0.1, 0.15) is 19.5 Å². The van der Waals surface area contributed by atoms with Crippen molar-refractivity contribution in [1.82, 2.24) is 9.97 Å². The summed E-state index contributed by atoms with van der Waals surface area (Å²) in [6.07, 6.45) is 0.403. The molecule has 78 valence electrons. The first-order chi connectivity index (χ1) is 6.61. The van der Waals surface area contributed by atoms with Crippen LogP contribution in [0.5, 0.6) is 0 Å². The van der Waals surface area contributed by atoms with Crippen molar-refractivity contribution in [2.45, 2.75) is 26.4 Å². The average molecular weight is 216 g/mol. The van der Waals surface area contributed by atoms with Gasteiger partial charge in [0.2, 0.25) is 5.28 Å². The fraction of sp³-hybridized carbons (Fsp3) is 0.556. The molecule has 0 bridgehead atoms. The monoisotopic (exact) mass is 215 g/mol. The Bertz CT molecular complexity index is 304. The van der Waals surface area contributed by atoms with Crippen molar-refractivity contribution in [2.24, 2.45) is 0 Å². The first-order valence-electron chi connectivity index (χ1n) is 4.57. The van der Waals surface area contributed by atoms with Crippen molar-refractivity contribution in [3.05, 3.63) is 17.0 Å². The first-order valence-corrected chi connectivity index (χ1v) is 4.95. The van der Waals surface area contributed by atoms with Crippen LogP contribution in [0.3, 0.4) is 0 Å². The minimum Gasteiger partial charge on any atom is -0.392 e.